The van der Waals surface area contributed by atoms with E-state index in [1.807, 2.05) is 18.4 Å². The fourth-order valence-electron chi connectivity index (χ4n) is 1.96. The van der Waals surface area contributed by atoms with Crippen LogP contribution in [0.3, 0.4) is 0 Å². The van der Waals surface area contributed by atoms with Crippen LogP contribution in [0.15, 0.2) is 5.38 Å². The van der Waals surface area contributed by atoms with E-state index in [0.717, 1.165) is 12.3 Å². The zero-order valence-corrected chi connectivity index (χ0v) is 11.7. The van der Waals surface area contributed by atoms with Crippen LogP contribution in [0.2, 0.25) is 0 Å². The summed E-state index contributed by atoms with van der Waals surface area (Å²) in [4.78, 5) is 4.79. The molecule has 0 amide bonds. The second-order valence-electron chi connectivity index (χ2n) is 4.46. The number of thiazole rings is 1. The van der Waals surface area contributed by atoms with Crippen molar-refractivity contribution in [3.8, 4) is 0 Å². The highest BCUT2D eigenvalue weighted by Crippen LogP contribution is 2.33. The van der Waals surface area contributed by atoms with Crippen molar-refractivity contribution in [2.75, 3.05) is 18.6 Å². The Hall–Kier alpha value is -0.0600. The second-order valence-corrected chi connectivity index (χ2v) is 6.57. The van der Waals surface area contributed by atoms with E-state index in [-0.39, 0.29) is 0 Å². The molecule has 1 N–H and O–H groups in total. The fraction of sp³-hybridized carbons (Fsp3) is 0.750. The van der Waals surface area contributed by atoms with Crippen molar-refractivity contribution in [2.24, 2.45) is 0 Å². The van der Waals surface area contributed by atoms with Crippen LogP contribution in [0.25, 0.3) is 0 Å². The summed E-state index contributed by atoms with van der Waals surface area (Å²) in [7, 11) is 2.01. The van der Waals surface area contributed by atoms with E-state index >= 15 is 0 Å². The Balaban J connectivity index is 1.95. The van der Waals surface area contributed by atoms with Crippen LogP contribution in [0.5, 0.6) is 0 Å². The van der Waals surface area contributed by atoms with Crippen LogP contribution in [0, 0.1) is 0 Å². The van der Waals surface area contributed by atoms with E-state index in [4.69, 9.17) is 4.98 Å². The molecule has 2 nitrogen and oxygen atoms in total. The molecule has 0 spiro atoms. The van der Waals surface area contributed by atoms with Crippen molar-refractivity contribution >= 4 is 23.1 Å². The molecule has 0 saturated carbocycles. The summed E-state index contributed by atoms with van der Waals surface area (Å²) in [5.41, 5.74) is 1.26. The first-order valence-corrected chi connectivity index (χ1v) is 8.02. The Morgan fingerprint density at radius 3 is 2.94 bits per heavy atom. The Bertz CT molecular complexity index is 319. The van der Waals surface area contributed by atoms with Crippen molar-refractivity contribution < 1.29 is 0 Å². The van der Waals surface area contributed by atoms with Crippen molar-refractivity contribution in [2.45, 2.75) is 38.1 Å². The van der Waals surface area contributed by atoms with Crippen molar-refractivity contribution in [3.63, 3.8) is 0 Å². The molecule has 1 unspecified atom stereocenters. The van der Waals surface area contributed by atoms with Gasteiger partial charge in [0.15, 0.2) is 0 Å². The number of nitrogens with zero attached hydrogens (tertiary/aromatic N) is 1. The maximum atomic E-state index is 4.79. The lowest BCUT2D eigenvalue weighted by molar-refractivity contribution is 0.594. The van der Waals surface area contributed by atoms with Gasteiger partial charge in [0.2, 0.25) is 0 Å². The van der Waals surface area contributed by atoms with Gasteiger partial charge in [-0.05, 0) is 38.3 Å². The Labute approximate surface area is 106 Å². The van der Waals surface area contributed by atoms with Gasteiger partial charge in [-0.25, -0.2) is 4.98 Å². The van der Waals surface area contributed by atoms with Crippen molar-refractivity contribution in [3.05, 3.63) is 16.1 Å². The number of hydrogen-bond donors (Lipinski definition) is 1. The van der Waals surface area contributed by atoms with E-state index in [9.17, 15) is 0 Å². The van der Waals surface area contributed by atoms with Crippen LogP contribution >= 0.6 is 23.1 Å². The van der Waals surface area contributed by atoms with Gasteiger partial charge in [0.25, 0.3) is 0 Å². The molecular weight excluding hydrogens is 236 g/mol. The number of hydrogen-bond acceptors (Lipinski definition) is 4. The fourth-order valence-corrected chi connectivity index (χ4v) is 4.07. The molecule has 0 radical (unpaired) electrons. The molecule has 16 heavy (non-hydrogen) atoms. The third kappa shape index (κ3) is 3.22. The van der Waals surface area contributed by atoms with Crippen LogP contribution in [-0.4, -0.2) is 29.6 Å². The van der Waals surface area contributed by atoms with Gasteiger partial charge < -0.3 is 5.32 Å². The lowest BCUT2D eigenvalue weighted by atomic mass is 10.0. The van der Waals surface area contributed by atoms with E-state index < -0.39 is 0 Å². The van der Waals surface area contributed by atoms with E-state index in [1.54, 1.807) is 0 Å². The predicted molar refractivity (Wildman–Crippen MR) is 73.6 cm³/mol. The van der Waals surface area contributed by atoms with Crippen molar-refractivity contribution in [1.29, 1.82) is 0 Å². The molecule has 1 fully saturated rings. The van der Waals surface area contributed by atoms with Gasteiger partial charge in [-0.2, -0.15) is 11.8 Å². The lowest BCUT2D eigenvalue weighted by Gasteiger charge is -2.18. The quantitative estimate of drug-likeness (QED) is 0.896. The first-order chi connectivity index (χ1) is 7.79. The summed E-state index contributed by atoms with van der Waals surface area (Å²) >= 11 is 3.94. The highest BCUT2D eigenvalue weighted by atomic mass is 32.2. The van der Waals surface area contributed by atoms with Gasteiger partial charge in [0, 0.05) is 23.8 Å². The standard InChI is InChI=1S/C12H20N2S2/c1-9(13-2)7-11-8-16-12(14-11)10-3-5-15-6-4-10/h8-10,13H,3-7H2,1-2H3. The second kappa shape index (κ2) is 6.03. The lowest BCUT2D eigenvalue weighted by Crippen LogP contribution is -2.23. The van der Waals surface area contributed by atoms with Crippen LogP contribution < -0.4 is 5.32 Å². The summed E-state index contributed by atoms with van der Waals surface area (Å²) in [6, 6.07) is 0.525. The molecule has 0 bridgehead atoms. The van der Waals surface area contributed by atoms with Crippen LogP contribution in [0.1, 0.15) is 36.4 Å². The number of nitrogens with one attached hydrogen (secondary N) is 1. The molecule has 1 aromatic rings. The summed E-state index contributed by atoms with van der Waals surface area (Å²) in [5.74, 6) is 3.36. The molecule has 1 aromatic heterocycles. The van der Waals surface area contributed by atoms with Gasteiger partial charge in [0.1, 0.15) is 0 Å². The summed E-state index contributed by atoms with van der Waals surface area (Å²) in [6.45, 7) is 2.20. The third-order valence-electron chi connectivity index (χ3n) is 3.15. The SMILES string of the molecule is CNC(C)Cc1csc(C2CCSCC2)n1. The van der Waals surface area contributed by atoms with Crippen LogP contribution in [0.4, 0.5) is 0 Å². The van der Waals surface area contributed by atoms with Gasteiger partial charge in [-0.1, -0.05) is 0 Å². The van der Waals surface area contributed by atoms with E-state index in [0.29, 0.717) is 6.04 Å². The smallest absolute Gasteiger partial charge is 0.0959 e. The largest absolute Gasteiger partial charge is 0.317 e. The Morgan fingerprint density at radius 2 is 2.25 bits per heavy atom. The molecule has 90 valence electrons. The Morgan fingerprint density at radius 1 is 1.50 bits per heavy atom. The van der Waals surface area contributed by atoms with Crippen molar-refractivity contribution in [1.82, 2.24) is 10.3 Å². The van der Waals surface area contributed by atoms with Crippen LogP contribution in [-0.2, 0) is 6.42 Å². The summed E-state index contributed by atoms with van der Waals surface area (Å²) in [5, 5.41) is 6.88. The molecule has 4 heteroatoms. The van der Waals surface area contributed by atoms with E-state index in [2.05, 4.69) is 29.4 Å². The molecular formula is C12H20N2S2. The van der Waals surface area contributed by atoms with Gasteiger partial charge in [-0.15, -0.1) is 11.3 Å². The summed E-state index contributed by atoms with van der Waals surface area (Å²) in [6.07, 6.45) is 3.69. The maximum absolute atomic E-state index is 4.79. The zero-order chi connectivity index (χ0) is 11.4. The first-order valence-electron chi connectivity index (χ1n) is 5.99. The number of thioether (sulfide) groups is 1. The van der Waals surface area contributed by atoms with Gasteiger partial charge >= 0.3 is 0 Å². The average molecular weight is 256 g/mol. The molecule has 1 saturated heterocycles. The van der Waals surface area contributed by atoms with Gasteiger partial charge in [0.05, 0.1) is 10.7 Å². The number of aromatic nitrogens is 1. The van der Waals surface area contributed by atoms with Gasteiger partial charge in [-0.3, -0.25) is 0 Å². The predicted octanol–water partition coefficient (Wildman–Crippen LogP) is 2.90. The minimum atomic E-state index is 0.525. The highest BCUT2D eigenvalue weighted by Gasteiger charge is 2.19. The minimum Gasteiger partial charge on any atom is -0.317 e. The molecule has 1 aliphatic heterocycles. The topological polar surface area (TPSA) is 24.9 Å². The molecule has 0 aliphatic carbocycles. The maximum Gasteiger partial charge on any atom is 0.0959 e. The average Bonchev–Trinajstić information content (AvgIpc) is 2.78. The van der Waals surface area contributed by atoms with E-state index in [1.165, 1.54) is 35.0 Å². The molecule has 1 aliphatic rings. The minimum absolute atomic E-state index is 0.525. The monoisotopic (exact) mass is 256 g/mol. The normalized spacial score (nSPS) is 19.9. The highest BCUT2D eigenvalue weighted by molar-refractivity contribution is 7.99. The number of likely N-dealkylation sites (N-methyl/N-ethyl adjacent to an activating group) is 1. The number of rotatable bonds is 4. The zero-order valence-electron chi connectivity index (χ0n) is 10.0. The first kappa shape index (κ1) is 12.4. The third-order valence-corrected chi connectivity index (χ3v) is 5.25. The molecule has 1 atom stereocenters. The summed E-state index contributed by atoms with van der Waals surface area (Å²) < 4.78 is 0. The molecule has 2 heterocycles. The molecule has 0 aromatic carbocycles. The molecule has 2 rings (SSSR count). The Kier molecular flexibility index (Phi) is 4.67.